The number of carbonyl (C=O) groups is 1. The lowest BCUT2D eigenvalue weighted by Crippen LogP contribution is -2.43. The molecule has 2 aliphatic heterocycles. The van der Waals surface area contributed by atoms with Crippen LogP contribution in [0.2, 0.25) is 0 Å². The third-order valence-electron chi connectivity index (χ3n) is 8.55. The van der Waals surface area contributed by atoms with Crippen molar-refractivity contribution >= 4 is 17.4 Å². The zero-order valence-electron chi connectivity index (χ0n) is 24.7. The van der Waals surface area contributed by atoms with Crippen LogP contribution in [0, 0.1) is 5.92 Å². The molecule has 0 bridgehead atoms. The van der Waals surface area contributed by atoms with E-state index in [0.29, 0.717) is 37.3 Å². The first-order valence-electron chi connectivity index (χ1n) is 15.4. The number of piperazine rings is 1. The van der Waals surface area contributed by atoms with Crippen molar-refractivity contribution in [2.45, 2.75) is 38.3 Å². The number of benzene rings is 2. The van der Waals surface area contributed by atoms with E-state index in [4.69, 9.17) is 9.47 Å². The van der Waals surface area contributed by atoms with Gasteiger partial charge in [-0.1, -0.05) is 6.07 Å². The Morgan fingerprint density at radius 1 is 0.955 bits per heavy atom. The molecule has 1 atom stereocenters. The first-order valence-corrected chi connectivity index (χ1v) is 15.4. The number of rotatable bonds is 9. The third kappa shape index (κ3) is 7.62. The first-order chi connectivity index (χ1) is 21.3. The van der Waals surface area contributed by atoms with Crippen LogP contribution in [0.15, 0.2) is 54.7 Å². The quantitative estimate of drug-likeness (QED) is 0.331. The minimum absolute atomic E-state index is 0.0851. The number of hydrogen-bond donors (Lipinski definition) is 2. The Labute approximate surface area is 255 Å². The smallest absolute Gasteiger partial charge is 0.416 e. The van der Waals surface area contributed by atoms with Gasteiger partial charge in [0, 0.05) is 62.7 Å². The summed E-state index contributed by atoms with van der Waals surface area (Å²) in [5, 5.41) is 6.08. The van der Waals surface area contributed by atoms with Crippen molar-refractivity contribution in [2.75, 3.05) is 62.6 Å². The van der Waals surface area contributed by atoms with E-state index in [9.17, 15) is 18.0 Å². The number of anilines is 2. The van der Waals surface area contributed by atoms with Crippen LogP contribution in [0.3, 0.4) is 0 Å². The third-order valence-corrected chi connectivity index (χ3v) is 8.55. The molecule has 8 nitrogen and oxygen atoms in total. The minimum Gasteiger partial charge on any atom is -0.492 e. The van der Waals surface area contributed by atoms with Gasteiger partial charge in [-0.15, -0.1) is 0 Å². The molecule has 3 heterocycles. The van der Waals surface area contributed by atoms with E-state index >= 15 is 0 Å². The van der Waals surface area contributed by atoms with E-state index < -0.39 is 11.7 Å². The van der Waals surface area contributed by atoms with Crippen molar-refractivity contribution in [3.63, 3.8) is 0 Å². The lowest BCUT2D eigenvalue weighted by Gasteiger charge is -2.28. The summed E-state index contributed by atoms with van der Waals surface area (Å²) in [7, 11) is 0. The SMILES string of the molecule is O=C(Nc1cc(OCCN2CCCC2)cc(C(F)(F)F)c1)C1CCc2ccc(Oc3ccnc(N4CCNCC4)c3)cc2C1. The molecular weight excluding hydrogens is 571 g/mol. The molecule has 234 valence electrons. The number of likely N-dealkylation sites (tertiary alicyclic amines) is 1. The van der Waals surface area contributed by atoms with Gasteiger partial charge in [0.25, 0.3) is 0 Å². The number of hydrogen-bond acceptors (Lipinski definition) is 7. The van der Waals surface area contributed by atoms with E-state index in [0.717, 1.165) is 81.2 Å². The van der Waals surface area contributed by atoms with E-state index in [-0.39, 0.29) is 29.9 Å². The largest absolute Gasteiger partial charge is 0.492 e. The molecule has 44 heavy (non-hydrogen) atoms. The molecule has 1 aromatic heterocycles. The van der Waals surface area contributed by atoms with Gasteiger partial charge in [0.15, 0.2) is 0 Å². The van der Waals surface area contributed by atoms with Gasteiger partial charge < -0.3 is 25.0 Å². The van der Waals surface area contributed by atoms with Crippen molar-refractivity contribution in [2.24, 2.45) is 5.92 Å². The molecule has 0 spiro atoms. The van der Waals surface area contributed by atoms with Gasteiger partial charge in [-0.25, -0.2) is 4.98 Å². The zero-order valence-corrected chi connectivity index (χ0v) is 24.7. The normalized spacial score (nSPS) is 19.0. The van der Waals surface area contributed by atoms with Crippen molar-refractivity contribution in [3.8, 4) is 17.2 Å². The number of fused-ring (bicyclic) bond motifs is 1. The van der Waals surface area contributed by atoms with Gasteiger partial charge in [-0.3, -0.25) is 9.69 Å². The number of pyridine rings is 1. The lowest BCUT2D eigenvalue weighted by molar-refractivity contribution is -0.137. The zero-order chi connectivity index (χ0) is 30.5. The number of amides is 1. The Kier molecular flexibility index (Phi) is 9.22. The molecule has 0 radical (unpaired) electrons. The summed E-state index contributed by atoms with van der Waals surface area (Å²) < 4.78 is 53.0. The fourth-order valence-electron chi connectivity index (χ4n) is 6.15. The van der Waals surface area contributed by atoms with Gasteiger partial charge in [0.1, 0.15) is 29.7 Å². The van der Waals surface area contributed by atoms with Crippen LogP contribution in [-0.4, -0.2) is 68.2 Å². The predicted octanol–water partition coefficient (Wildman–Crippen LogP) is 5.52. The van der Waals surface area contributed by atoms with Crippen molar-refractivity contribution in [1.29, 1.82) is 0 Å². The topological polar surface area (TPSA) is 79.0 Å². The van der Waals surface area contributed by atoms with Crippen LogP contribution in [0.25, 0.3) is 0 Å². The highest BCUT2D eigenvalue weighted by atomic mass is 19.4. The molecule has 1 amide bonds. The number of halogens is 3. The van der Waals surface area contributed by atoms with E-state index in [1.807, 2.05) is 30.3 Å². The second-order valence-electron chi connectivity index (χ2n) is 11.7. The number of ether oxygens (including phenoxy) is 2. The number of aryl methyl sites for hydroxylation is 1. The highest BCUT2D eigenvalue weighted by molar-refractivity contribution is 5.93. The number of aromatic nitrogens is 1. The number of nitrogens with zero attached hydrogens (tertiary/aromatic N) is 3. The summed E-state index contributed by atoms with van der Waals surface area (Å²) >= 11 is 0. The van der Waals surface area contributed by atoms with Crippen LogP contribution in [0.1, 0.15) is 36.0 Å². The highest BCUT2D eigenvalue weighted by Crippen LogP contribution is 2.36. The number of carbonyl (C=O) groups excluding carboxylic acids is 1. The summed E-state index contributed by atoms with van der Waals surface area (Å²) in [4.78, 5) is 22.3. The number of alkyl halides is 3. The number of nitrogens with one attached hydrogen (secondary N) is 2. The van der Waals surface area contributed by atoms with Crippen LogP contribution < -0.4 is 25.0 Å². The van der Waals surface area contributed by atoms with Gasteiger partial charge in [-0.2, -0.15) is 13.2 Å². The first kappa shape index (κ1) is 30.2. The molecule has 3 aromatic rings. The van der Waals surface area contributed by atoms with E-state index in [2.05, 4.69) is 25.4 Å². The molecule has 11 heteroatoms. The molecule has 2 fully saturated rings. The molecule has 1 aliphatic carbocycles. The monoisotopic (exact) mass is 609 g/mol. The van der Waals surface area contributed by atoms with Crippen molar-refractivity contribution < 1.29 is 27.4 Å². The molecule has 6 rings (SSSR count). The molecule has 0 saturated carbocycles. The highest BCUT2D eigenvalue weighted by Gasteiger charge is 2.32. The second kappa shape index (κ2) is 13.4. The van der Waals surface area contributed by atoms with Crippen molar-refractivity contribution in [3.05, 3.63) is 71.4 Å². The van der Waals surface area contributed by atoms with Crippen LogP contribution in [0.5, 0.6) is 17.2 Å². The van der Waals surface area contributed by atoms with E-state index in [1.54, 1.807) is 6.20 Å². The molecule has 3 aliphatic rings. The average Bonchev–Trinajstić information content (AvgIpc) is 3.54. The Morgan fingerprint density at radius 2 is 1.75 bits per heavy atom. The summed E-state index contributed by atoms with van der Waals surface area (Å²) in [6.07, 6.45) is 1.21. The maximum atomic E-state index is 13.7. The van der Waals surface area contributed by atoms with Crippen LogP contribution in [-0.2, 0) is 23.8 Å². The minimum atomic E-state index is -4.56. The molecular formula is C33H38F3N5O3. The van der Waals surface area contributed by atoms with E-state index in [1.165, 1.54) is 6.07 Å². The Hall–Kier alpha value is -3.83. The summed E-state index contributed by atoms with van der Waals surface area (Å²) in [5.74, 6) is 1.62. The van der Waals surface area contributed by atoms with Gasteiger partial charge in [0.2, 0.25) is 5.91 Å². The molecule has 2 saturated heterocycles. The van der Waals surface area contributed by atoms with Crippen LogP contribution >= 0.6 is 0 Å². The Morgan fingerprint density at radius 3 is 2.55 bits per heavy atom. The standard InChI is InChI=1S/C33H38F3N5O3/c34-33(35,36)26-19-27(21-30(20-26)43-16-15-40-11-1-2-12-40)39-32(42)24-4-3-23-5-6-28(18-25(23)17-24)44-29-7-8-38-31(22-29)41-13-9-37-10-14-41/h5-8,18-22,24,37H,1-4,9-17H2,(H,39,42). The second-order valence-corrected chi connectivity index (χ2v) is 11.7. The van der Waals surface area contributed by atoms with Gasteiger partial charge in [-0.05, 0) is 86.7 Å². The van der Waals surface area contributed by atoms with Gasteiger partial charge >= 0.3 is 6.18 Å². The fourth-order valence-corrected chi connectivity index (χ4v) is 6.15. The summed E-state index contributed by atoms with van der Waals surface area (Å²) in [6, 6.07) is 13.1. The summed E-state index contributed by atoms with van der Waals surface area (Å²) in [5.41, 5.74) is 1.38. The summed E-state index contributed by atoms with van der Waals surface area (Å²) in [6.45, 7) is 6.49. The molecule has 2 aromatic carbocycles. The van der Waals surface area contributed by atoms with Crippen molar-refractivity contribution in [1.82, 2.24) is 15.2 Å². The maximum absolute atomic E-state index is 13.7. The predicted molar refractivity (Wildman–Crippen MR) is 163 cm³/mol. The fraction of sp³-hybridized carbons (Fsp3) is 0.455. The molecule has 2 N–H and O–H groups in total. The lowest BCUT2D eigenvalue weighted by atomic mass is 9.83. The average molecular weight is 610 g/mol. The van der Waals surface area contributed by atoms with Gasteiger partial charge in [0.05, 0.1) is 5.56 Å². The molecule has 1 unspecified atom stereocenters. The Bertz CT molecular complexity index is 1450. The Balaban J connectivity index is 1.11. The van der Waals surface area contributed by atoms with Crippen LogP contribution in [0.4, 0.5) is 24.7 Å². The maximum Gasteiger partial charge on any atom is 0.416 e.